The topological polar surface area (TPSA) is 142 Å². The van der Waals surface area contributed by atoms with Crippen molar-refractivity contribution in [2.75, 3.05) is 11.9 Å². The van der Waals surface area contributed by atoms with Gasteiger partial charge in [0, 0.05) is 12.6 Å². The minimum Gasteiger partial charge on any atom is -0.394 e. The minimum atomic E-state index is -0.808. The van der Waals surface area contributed by atoms with Crippen molar-refractivity contribution in [1.82, 2.24) is 19.5 Å². The zero-order chi connectivity index (χ0) is 16.4. The standard InChI is InChI=1S/C13H15N5O5/c19-3-1-2-14-13-16-11-10(12(22)17-13)15-6-18(11)9-4-7(21)8(5-20)23-9/h1-3,6-9,20-21H,4-5H2,(H2,14,16,17,22)/t7-,8+,9+/m0/s1. The number of ether oxygens (including phenoxy) is 1. The maximum Gasteiger partial charge on any atom is 0.280 e. The molecule has 23 heavy (non-hydrogen) atoms. The number of aliphatic hydroxyl groups is 2. The van der Waals surface area contributed by atoms with Gasteiger partial charge >= 0.3 is 0 Å². The maximum atomic E-state index is 12.0. The number of carbonyl (C=O) groups excluding carboxylic acids is 1. The number of hydrogen-bond donors (Lipinski definition) is 4. The number of H-pyrrole nitrogens is 1. The fraction of sp³-hybridized carbons (Fsp3) is 0.385. The minimum absolute atomic E-state index is 0.125. The van der Waals surface area contributed by atoms with E-state index >= 15 is 0 Å². The number of carbonyl (C=O) groups is 1. The molecule has 3 atom stereocenters. The predicted octanol–water partition coefficient (Wildman–Crippen LogP) is -1.12. The Morgan fingerprint density at radius 2 is 2.39 bits per heavy atom. The number of nitrogens with one attached hydrogen (secondary N) is 2. The molecule has 1 saturated heterocycles. The first-order valence-electron chi connectivity index (χ1n) is 6.92. The molecule has 0 amide bonds. The van der Waals surface area contributed by atoms with E-state index in [4.69, 9.17) is 9.84 Å². The average molecular weight is 321 g/mol. The molecule has 2 aromatic rings. The Morgan fingerprint density at radius 1 is 1.57 bits per heavy atom. The normalized spacial score (nSPS) is 24.5. The predicted molar refractivity (Wildman–Crippen MR) is 78.6 cm³/mol. The second kappa shape index (κ2) is 6.28. The number of aliphatic hydroxyl groups excluding tert-OH is 2. The Kier molecular flexibility index (Phi) is 4.19. The summed E-state index contributed by atoms with van der Waals surface area (Å²) in [5, 5.41) is 21.6. The lowest BCUT2D eigenvalue weighted by Gasteiger charge is -2.13. The molecule has 0 saturated carbocycles. The molecule has 0 unspecified atom stereocenters. The number of anilines is 1. The second-order valence-electron chi connectivity index (χ2n) is 4.99. The molecule has 10 heteroatoms. The van der Waals surface area contributed by atoms with Crippen molar-refractivity contribution < 1.29 is 19.7 Å². The van der Waals surface area contributed by atoms with Crippen molar-refractivity contribution in [3.63, 3.8) is 0 Å². The average Bonchev–Trinajstić information content (AvgIpc) is 3.11. The van der Waals surface area contributed by atoms with E-state index in [0.29, 0.717) is 6.29 Å². The van der Waals surface area contributed by atoms with E-state index in [1.165, 1.54) is 23.2 Å². The molecule has 4 N–H and O–H groups in total. The summed E-state index contributed by atoms with van der Waals surface area (Å²) < 4.78 is 7.07. The highest BCUT2D eigenvalue weighted by atomic mass is 16.5. The lowest BCUT2D eigenvalue weighted by atomic mass is 10.2. The molecule has 0 aliphatic carbocycles. The number of rotatable bonds is 5. The Labute approximate surface area is 129 Å². The monoisotopic (exact) mass is 321 g/mol. The Balaban J connectivity index is 1.97. The number of hydrogen-bond acceptors (Lipinski definition) is 8. The summed E-state index contributed by atoms with van der Waals surface area (Å²) in [6.07, 6.45) is 2.69. The maximum absolute atomic E-state index is 12.0. The lowest BCUT2D eigenvalue weighted by Crippen LogP contribution is -2.24. The van der Waals surface area contributed by atoms with Gasteiger partial charge in [-0.05, 0) is 6.08 Å². The molecular weight excluding hydrogens is 306 g/mol. The highest BCUT2D eigenvalue weighted by Crippen LogP contribution is 2.30. The van der Waals surface area contributed by atoms with Gasteiger partial charge < -0.3 is 20.3 Å². The molecular formula is C13H15N5O5. The quantitative estimate of drug-likeness (QED) is 0.401. The van der Waals surface area contributed by atoms with Crippen LogP contribution in [-0.2, 0) is 9.53 Å². The van der Waals surface area contributed by atoms with Gasteiger partial charge in [-0.25, -0.2) is 4.98 Å². The number of aromatic nitrogens is 4. The first-order chi connectivity index (χ1) is 11.1. The number of aromatic amines is 1. The van der Waals surface area contributed by atoms with Crippen molar-refractivity contribution in [3.05, 3.63) is 29.0 Å². The third-order valence-electron chi connectivity index (χ3n) is 3.52. The van der Waals surface area contributed by atoms with Gasteiger partial charge in [0.15, 0.2) is 11.2 Å². The molecule has 3 rings (SSSR count). The van der Waals surface area contributed by atoms with Gasteiger partial charge in [-0.1, -0.05) is 0 Å². The first-order valence-corrected chi connectivity index (χ1v) is 6.92. The molecule has 1 aliphatic rings. The summed E-state index contributed by atoms with van der Waals surface area (Å²) in [6, 6.07) is 0. The highest BCUT2D eigenvalue weighted by Gasteiger charge is 2.35. The molecule has 122 valence electrons. The molecule has 1 fully saturated rings. The van der Waals surface area contributed by atoms with Crippen molar-refractivity contribution in [1.29, 1.82) is 0 Å². The van der Waals surface area contributed by atoms with Crippen LogP contribution in [0.2, 0.25) is 0 Å². The van der Waals surface area contributed by atoms with Crippen LogP contribution >= 0.6 is 0 Å². The fourth-order valence-corrected chi connectivity index (χ4v) is 2.42. The summed E-state index contributed by atoms with van der Waals surface area (Å²) in [5.41, 5.74) is -0.0556. The van der Waals surface area contributed by atoms with Crippen LogP contribution in [0.15, 0.2) is 23.4 Å². The van der Waals surface area contributed by atoms with E-state index in [-0.39, 0.29) is 30.1 Å². The van der Waals surface area contributed by atoms with Crippen molar-refractivity contribution in [3.8, 4) is 0 Å². The molecule has 0 aromatic carbocycles. The zero-order valence-corrected chi connectivity index (χ0v) is 11.9. The van der Waals surface area contributed by atoms with E-state index in [1.54, 1.807) is 0 Å². The number of imidazole rings is 1. The molecule has 0 radical (unpaired) electrons. The summed E-state index contributed by atoms with van der Waals surface area (Å²) in [4.78, 5) is 33.0. The number of fused-ring (bicyclic) bond motifs is 1. The molecule has 3 heterocycles. The van der Waals surface area contributed by atoms with Gasteiger partial charge in [0.05, 0.1) is 19.0 Å². The Bertz CT molecular complexity index is 798. The second-order valence-corrected chi connectivity index (χ2v) is 4.99. The van der Waals surface area contributed by atoms with Crippen LogP contribution < -0.4 is 10.9 Å². The molecule has 0 spiro atoms. The third kappa shape index (κ3) is 2.86. The van der Waals surface area contributed by atoms with Crippen LogP contribution in [0.25, 0.3) is 11.2 Å². The van der Waals surface area contributed by atoms with Gasteiger partial charge in [-0.3, -0.25) is 19.1 Å². The van der Waals surface area contributed by atoms with E-state index in [0.717, 1.165) is 0 Å². The summed E-state index contributed by atoms with van der Waals surface area (Å²) in [7, 11) is 0. The van der Waals surface area contributed by atoms with E-state index in [1.807, 2.05) is 0 Å². The number of allylic oxidation sites excluding steroid dienone is 1. The highest BCUT2D eigenvalue weighted by molar-refractivity contribution is 5.71. The molecule has 0 bridgehead atoms. The van der Waals surface area contributed by atoms with Gasteiger partial charge in [0.1, 0.15) is 18.6 Å². The van der Waals surface area contributed by atoms with E-state index in [9.17, 15) is 14.7 Å². The number of nitrogens with zero attached hydrogens (tertiary/aromatic N) is 3. The SMILES string of the molecule is O=CC=CNc1nc2c(ncn2[C@H]2C[C@H](O)[C@@H](CO)O2)c(=O)[nH]1. The smallest absolute Gasteiger partial charge is 0.280 e. The lowest BCUT2D eigenvalue weighted by molar-refractivity contribution is -0.104. The first kappa shape index (κ1) is 15.3. The van der Waals surface area contributed by atoms with Gasteiger partial charge in [0.2, 0.25) is 5.95 Å². The van der Waals surface area contributed by atoms with Gasteiger partial charge in [-0.15, -0.1) is 0 Å². The zero-order valence-electron chi connectivity index (χ0n) is 11.9. The third-order valence-corrected chi connectivity index (χ3v) is 3.52. The van der Waals surface area contributed by atoms with Crippen molar-refractivity contribution >= 4 is 23.4 Å². The summed E-state index contributed by atoms with van der Waals surface area (Å²) in [6.45, 7) is -0.304. The van der Waals surface area contributed by atoms with Crippen molar-refractivity contribution in [2.24, 2.45) is 0 Å². The van der Waals surface area contributed by atoms with E-state index < -0.39 is 24.0 Å². The Morgan fingerprint density at radius 3 is 3.09 bits per heavy atom. The van der Waals surface area contributed by atoms with Crippen LogP contribution in [0.5, 0.6) is 0 Å². The number of aldehydes is 1. The molecule has 2 aromatic heterocycles. The van der Waals surface area contributed by atoms with Gasteiger partial charge in [0.25, 0.3) is 5.56 Å². The summed E-state index contributed by atoms with van der Waals surface area (Å²) >= 11 is 0. The van der Waals surface area contributed by atoms with Crippen LogP contribution in [0.1, 0.15) is 12.6 Å². The van der Waals surface area contributed by atoms with Gasteiger partial charge in [-0.2, -0.15) is 4.98 Å². The van der Waals surface area contributed by atoms with Crippen LogP contribution in [0, 0.1) is 0 Å². The molecule has 1 aliphatic heterocycles. The van der Waals surface area contributed by atoms with Crippen LogP contribution in [-0.4, -0.2) is 54.8 Å². The summed E-state index contributed by atoms with van der Waals surface area (Å²) in [5.74, 6) is 0.139. The Hall–Kier alpha value is -2.56. The fourth-order valence-electron chi connectivity index (χ4n) is 2.42. The van der Waals surface area contributed by atoms with Crippen LogP contribution in [0.3, 0.4) is 0 Å². The van der Waals surface area contributed by atoms with E-state index in [2.05, 4.69) is 20.3 Å². The van der Waals surface area contributed by atoms with Crippen LogP contribution in [0.4, 0.5) is 5.95 Å². The molecule has 10 nitrogen and oxygen atoms in total. The largest absolute Gasteiger partial charge is 0.394 e. The van der Waals surface area contributed by atoms with Crippen molar-refractivity contribution in [2.45, 2.75) is 24.9 Å².